The van der Waals surface area contributed by atoms with Gasteiger partial charge < -0.3 is 25.2 Å². The predicted molar refractivity (Wildman–Crippen MR) is 117 cm³/mol. The SMILES string of the molecule is CCNC(=NCc1cccc(OCc2ccccn2)c1)NCC1(CCO)CCOC1. The van der Waals surface area contributed by atoms with Crippen LogP contribution in [0.4, 0.5) is 0 Å². The first kappa shape index (κ1) is 22.1. The summed E-state index contributed by atoms with van der Waals surface area (Å²) in [6.07, 6.45) is 3.45. The molecular weight excluding hydrogens is 380 g/mol. The Hall–Kier alpha value is -2.64. The van der Waals surface area contributed by atoms with Gasteiger partial charge in [0.25, 0.3) is 0 Å². The Morgan fingerprint density at radius 2 is 2.20 bits per heavy atom. The minimum absolute atomic E-state index is 0.0236. The number of aliphatic hydroxyl groups is 1. The molecule has 0 spiro atoms. The number of guanidine groups is 1. The van der Waals surface area contributed by atoms with Crippen molar-refractivity contribution in [1.82, 2.24) is 15.6 Å². The number of pyridine rings is 1. The van der Waals surface area contributed by atoms with Gasteiger partial charge in [0.1, 0.15) is 12.4 Å². The molecule has 1 aromatic carbocycles. The summed E-state index contributed by atoms with van der Waals surface area (Å²) in [5.74, 6) is 1.57. The monoisotopic (exact) mass is 412 g/mol. The molecule has 1 atom stereocenters. The molecule has 7 nitrogen and oxygen atoms in total. The van der Waals surface area contributed by atoms with Crippen molar-refractivity contribution in [2.75, 3.05) is 32.9 Å². The predicted octanol–water partition coefficient (Wildman–Crippen LogP) is 2.50. The molecular formula is C23H32N4O3. The van der Waals surface area contributed by atoms with Crippen LogP contribution in [0.1, 0.15) is 31.0 Å². The molecule has 2 heterocycles. The topological polar surface area (TPSA) is 88.0 Å². The first-order valence-corrected chi connectivity index (χ1v) is 10.6. The summed E-state index contributed by atoms with van der Waals surface area (Å²) in [6.45, 7) is 6.13. The summed E-state index contributed by atoms with van der Waals surface area (Å²) in [5, 5.41) is 16.1. The summed E-state index contributed by atoms with van der Waals surface area (Å²) in [6, 6.07) is 13.8. The van der Waals surface area contributed by atoms with Gasteiger partial charge in [-0.1, -0.05) is 18.2 Å². The van der Waals surface area contributed by atoms with Crippen molar-refractivity contribution < 1.29 is 14.6 Å². The average Bonchev–Trinajstić information content (AvgIpc) is 3.24. The molecule has 0 aliphatic carbocycles. The second-order valence-corrected chi connectivity index (χ2v) is 7.58. The van der Waals surface area contributed by atoms with Crippen LogP contribution in [0.3, 0.4) is 0 Å². The molecule has 1 unspecified atom stereocenters. The summed E-state index contributed by atoms with van der Waals surface area (Å²) in [5.41, 5.74) is 1.94. The molecule has 2 aromatic rings. The van der Waals surface area contributed by atoms with Crippen LogP contribution in [0.15, 0.2) is 53.7 Å². The van der Waals surface area contributed by atoms with Gasteiger partial charge in [0.2, 0.25) is 0 Å². The van der Waals surface area contributed by atoms with Crippen LogP contribution < -0.4 is 15.4 Å². The largest absolute Gasteiger partial charge is 0.487 e. The third kappa shape index (κ3) is 6.71. The van der Waals surface area contributed by atoms with Crippen LogP contribution in [0.2, 0.25) is 0 Å². The van der Waals surface area contributed by atoms with Gasteiger partial charge in [-0.25, -0.2) is 4.99 Å². The van der Waals surface area contributed by atoms with E-state index in [0.29, 0.717) is 19.8 Å². The Morgan fingerprint density at radius 1 is 1.27 bits per heavy atom. The molecule has 1 fully saturated rings. The number of rotatable bonds is 10. The third-order valence-corrected chi connectivity index (χ3v) is 5.23. The number of hydrogen-bond donors (Lipinski definition) is 3. The summed E-state index contributed by atoms with van der Waals surface area (Å²) < 4.78 is 11.4. The van der Waals surface area contributed by atoms with E-state index in [1.54, 1.807) is 6.20 Å². The summed E-state index contributed by atoms with van der Waals surface area (Å²) >= 11 is 0. The Bertz CT molecular complexity index is 792. The highest BCUT2D eigenvalue weighted by molar-refractivity contribution is 5.79. The minimum atomic E-state index is -0.0236. The summed E-state index contributed by atoms with van der Waals surface area (Å²) in [4.78, 5) is 9.00. The van der Waals surface area contributed by atoms with Crippen molar-refractivity contribution in [3.8, 4) is 5.75 Å². The van der Waals surface area contributed by atoms with E-state index >= 15 is 0 Å². The maximum absolute atomic E-state index is 9.41. The Kier molecular flexibility index (Phi) is 8.47. The fourth-order valence-corrected chi connectivity index (χ4v) is 3.47. The lowest BCUT2D eigenvalue weighted by atomic mass is 9.84. The van der Waals surface area contributed by atoms with E-state index in [1.807, 2.05) is 49.4 Å². The fourth-order valence-electron chi connectivity index (χ4n) is 3.47. The van der Waals surface area contributed by atoms with E-state index in [9.17, 15) is 5.11 Å². The number of aliphatic imine (C=N–C) groups is 1. The molecule has 162 valence electrons. The lowest BCUT2D eigenvalue weighted by Crippen LogP contribution is -2.44. The normalized spacial score (nSPS) is 18.9. The van der Waals surface area contributed by atoms with Crippen molar-refractivity contribution in [1.29, 1.82) is 0 Å². The molecule has 3 rings (SSSR count). The van der Waals surface area contributed by atoms with Crippen LogP contribution in [-0.2, 0) is 17.9 Å². The molecule has 1 aliphatic rings. The van der Waals surface area contributed by atoms with E-state index in [-0.39, 0.29) is 12.0 Å². The van der Waals surface area contributed by atoms with Crippen molar-refractivity contribution in [3.63, 3.8) is 0 Å². The smallest absolute Gasteiger partial charge is 0.191 e. The number of nitrogens with zero attached hydrogens (tertiary/aromatic N) is 2. The fraction of sp³-hybridized carbons (Fsp3) is 0.478. The molecule has 0 saturated carbocycles. The minimum Gasteiger partial charge on any atom is -0.487 e. The zero-order valence-corrected chi connectivity index (χ0v) is 17.6. The molecule has 1 saturated heterocycles. The van der Waals surface area contributed by atoms with Crippen LogP contribution in [-0.4, -0.2) is 49.0 Å². The highest BCUT2D eigenvalue weighted by Gasteiger charge is 2.34. The molecule has 1 aliphatic heterocycles. The van der Waals surface area contributed by atoms with E-state index in [0.717, 1.165) is 55.5 Å². The Labute approximate surface area is 178 Å². The van der Waals surface area contributed by atoms with E-state index in [1.165, 1.54) is 0 Å². The highest BCUT2D eigenvalue weighted by atomic mass is 16.5. The molecule has 1 aromatic heterocycles. The van der Waals surface area contributed by atoms with Crippen LogP contribution in [0, 0.1) is 5.41 Å². The van der Waals surface area contributed by atoms with Gasteiger partial charge in [-0.3, -0.25) is 4.98 Å². The van der Waals surface area contributed by atoms with Crippen molar-refractivity contribution in [2.45, 2.75) is 32.9 Å². The number of nitrogens with one attached hydrogen (secondary N) is 2. The number of aromatic nitrogens is 1. The number of ether oxygens (including phenoxy) is 2. The second-order valence-electron chi connectivity index (χ2n) is 7.58. The maximum atomic E-state index is 9.41. The average molecular weight is 413 g/mol. The number of hydrogen-bond acceptors (Lipinski definition) is 5. The lowest BCUT2D eigenvalue weighted by molar-refractivity contribution is 0.127. The zero-order chi connectivity index (χ0) is 21.1. The number of benzene rings is 1. The molecule has 0 bridgehead atoms. The molecule has 0 amide bonds. The van der Waals surface area contributed by atoms with Crippen LogP contribution >= 0.6 is 0 Å². The van der Waals surface area contributed by atoms with Gasteiger partial charge in [0.15, 0.2) is 5.96 Å². The van der Waals surface area contributed by atoms with Crippen LogP contribution in [0.25, 0.3) is 0 Å². The van der Waals surface area contributed by atoms with Gasteiger partial charge >= 0.3 is 0 Å². The van der Waals surface area contributed by atoms with Crippen LogP contribution in [0.5, 0.6) is 5.75 Å². The van der Waals surface area contributed by atoms with Gasteiger partial charge in [-0.15, -0.1) is 0 Å². The Balaban J connectivity index is 1.57. The summed E-state index contributed by atoms with van der Waals surface area (Å²) in [7, 11) is 0. The maximum Gasteiger partial charge on any atom is 0.191 e. The first-order chi connectivity index (χ1) is 14.7. The molecule has 30 heavy (non-hydrogen) atoms. The highest BCUT2D eigenvalue weighted by Crippen LogP contribution is 2.31. The standard InChI is InChI=1S/C23H32N4O3/c1-2-24-22(27-17-23(9-12-28)10-13-29-18-23)26-15-19-6-5-8-21(14-19)30-16-20-7-3-4-11-25-20/h3-8,11,14,28H,2,9-10,12-13,15-18H2,1H3,(H2,24,26,27). The third-order valence-electron chi connectivity index (χ3n) is 5.23. The first-order valence-electron chi connectivity index (χ1n) is 10.6. The lowest BCUT2D eigenvalue weighted by Gasteiger charge is -2.27. The van der Waals surface area contributed by atoms with E-state index in [2.05, 4.69) is 15.6 Å². The second kappa shape index (κ2) is 11.5. The zero-order valence-electron chi connectivity index (χ0n) is 17.6. The van der Waals surface area contributed by atoms with Crippen molar-refractivity contribution in [3.05, 3.63) is 59.9 Å². The molecule has 7 heteroatoms. The van der Waals surface area contributed by atoms with Gasteiger partial charge in [0, 0.05) is 37.9 Å². The quantitative estimate of drug-likeness (QED) is 0.411. The van der Waals surface area contributed by atoms with Crippen molar-refractivity contribution >= 4 is 5.96 Å². The van der Waals surface area contributed by atoms with Crippen molar-refractivity contribution in [2.24, 2.45) is 10.4 Å². The van der Waals surface area contributed by atoms with Gasteiger partial charge in [-0.2, -0.15) is 0 Å². The molecule has 0 radical (unpaired) electrons. The number of aliphatic hydroxyl groups excluding tert-OH is 1. The van der Waals surface area contributed by atoms with E-state index < -0.39 is 0 Å². The van der Waals surface area contributed by atoms with Gasteiger partial charge in [0.05, 0.1) is 18.8 Å². The van der Waals surface area contributed by atoms with Gasteiger partial charge in [-0.05, 0) is 49.6 Å². The van der Waals surface area contributed by atoms with E-state index in [4.69, 9.17) is 14.5 Å². The Morgan fingerprint density at radius 3 is 2.93 bits per heavy atom. The molecule has 3 N–H and O–H groups in total.